The molecule has 1 aliphatic rings. The topological polar surface area (TPSA) is 53.5 Å². The summed E-state index contributed by atoms with van der Waals surface area (Å²) in [6.45, 7) is 4.04. The molecule has 3 aromatic rings. The number of anilines is 2. The summed E-state index contributed by atoms with van der Waals surface area (Å²) in [7, 11) is 0. The van der Waals surface area contributed by atoms with Gasteiger partial charge in [0.25, 0.3) is 0 Å². The smallest absolute Gasteiger partial charge is 0.234 e. The molecule has 0 saturated heterocycles. The van der Waals surface area contributed by atoms with E-state index in [4.69, 9.17) is 0 Å². The van der Waals surface area contributed by atoms with Crippen LogP contribution in [0, 0.1) is 13.8 Å². The van der Waals surface area contributed by atoms with Gasteiger partial charge in [0.05, 0.1) is 17.1 Å². The van der Waals surface area contributed by atoms with Crippen molar-refractivity contribution in [2.45, 2.75) is 13.8 Å². The number of nitrogens with zero attached hydrogens (tertiary/aromatic N) is 1. The van der Waals surface area contributed by atoms with E-state index in [2.05, 4.69) is 33.8 Å². The molecular formula is C21H19N3OS. The lowest BCUT2D eigenvalue weighted by molar-refractivity contribution is -0.113. The van der Waals surface area contributed by atoms with E-state index < -0.39 is 0 Å². The summed E-state index contributed by atoms with van der Waals surface area (Å²) in [5, 5.41) is 9.33. The SMILES string of the molecule is Cc1ccc(NC(=O)CSC2=Nc3cccc4cccc(c34)N2)c(C)c1. The van der Waals surface area contributed by atoms with Crippen LogP contribution >= 0.6 is 11.8 Å². The van der Waals surface area contributed by atoms with Crippen LogP contribution in [0.5, 0.6) is 0 Å². The molecule has 4 nitrogen and oxygen atoms in total. The largest absolute Gasteiger partial charge is 0.334 e. The van der Waals surface area contributed by atoms with Crippen LogP contribution in [0.4, 0.5) is 17.1 Å². The number of thioether (sulfide) groups is 1. The lowest BCUT2D eigenvalue weighted by Crippen LogP contribution is -2.19. The first-order valence-corrected chi connectivity index (χ1v) is 9.46. The number of carbonyl (C=O) groups excluding carboxylic acids is 1. The number of carbonyl (C=O) groups is 1. The molecule has 0 fully saturated rings. The average Bonchev–Trinajstić information content (AvgIpc) is 2.63. The molecule has 1 amide bonds. The zero-order chi connectivity index (χ0) is 18.1. The molecule has 2 N–H and O–H groups in total. The average molecular weight is 361 g/mol. The molecule has 0 unspecified atom stereocenters. The third-order valence-corrected chi connectivity index (χ3v) is 5.22. The van der Waals surface area contributed by atoms with Crippen LogP contribution in [0.1, 0.15) is 11.1 Å². The van der Waals surface area contributed by atoms with Gasteiger partial charge in [-0.3, -0.25) is 4.79 Å². The van der Waals surface area contributed by atoms with Crippen LogP contribution in [0.25, 0.3) is 10.8 Å². The lowest BCUT2D eigenvalue weighted by Gasteiger charge is -2.18. The fourth-order valence-corrected chi connectivity index (χ4v) is 3.80. The number of amides is 1. The van der Waals surface area contributed by atoms with E-state index in [0.717, 1.165) is 38.6 Å². The summed E-state index contributed by atoms with van der Waals surface area (Å²) >= 11 is 1.41. The van der Waals surface area contributed by atoms with Gasteiger partial charge in [-0.1, -0.05) is 53.7 Å². The Morgan fingerprint density at radius 1 is 1.12 bits per heavy atom. The Balaban J connectivity index is 1.46. The van der Waals surface area contributed by atoms with Gasteiger partial charge in [-0.2, -0.15) is 0 Å². The molecule has 0 saturated carbocycles. The van der Waals surface area contributed by atoms with Crippen LogP contribution in [0.2, 0.25) is 0 Å². The van der Waals surface area contributed by atoms with Gasteiger partial charge in [-0.25, -0.2) is 4.99 Å². The Bertz CT molecular complexity index is 1040. The van der Waals surface area contributed by atoms with Crippen LogP contribution in [-0.2, 0) is 4.79 Å². The monoisotopic (exact) mass is 361 g/mol. The van der Waals surface area contributed by atoms with E-state index in [1.807, 2.05) is 50.2 Å². The van der Waals surface area contributed by atoms with E-state index in [9.17, 15) is 4.79 Å². The Labute approximate surface area is 156 Å². The molecule has 0 radical (unpaired) electrons. The third-order valence-electron chi connectivity index (χ3n) is 4.34. The maximum Gasteiger partial charge on any atom is 0.234 e. The highest BCUT2D eigenvalue weighted by Crippen LogP contribution is 2.36. The lowest BCUT2D eigenvalue weighted by atomic mass is 10.1. The first-order chi connectivity index (χ1) is 12.6. The highest BCUT2D eigenvalue weighted by molar-refractivity contribution is 8.14. The van der Waals surface area contributed by atoms with E-state index in [1.54, 1.807) is 0 Å². The van der Waals surface area contributed by atoms with Gasteiger partial charge in [0, 0.05) is 11.1 Å². The Morgan fingerprint density at radius 2 is 1.92 bits per heavy atom. The minimum absolute atomic E-state index is 0.0384. The van der Waals surface area contributed by atoms with Crippen molar-refractivity contribution in [1.29, 1.82) is 0 Å². The second kappa shape index (κ2) is 6.84. The van der Waals surface area contributed by atoms with Gasteiger partial charge in [0.15, 0.2) is 5.17 Å². The zero-order valence-corrected chi connectivity index (χ0v) is 15.5. The van der Waals surface area contributed by atoms with Crippen LogP contribution < -0.4 is 10.6 Å². The number of amidine groups is 1. The van der Waals surface area contributed by atoms with Crippen LogP contribution in [0.15, 0.2) is 59.6 Å². The summed E-state index contributed by atoms with van der Waals surface area (Å²) in [6.07, 6.45) is 0. The second-order valence-corrected chi connectivity index (χ2v) is 7.34. The van der Waals surface area contributed by atoms with Crippen molar-refractivity contribution in [3.05, 3.63) is 65.7 Å². The molecule has 26 heavy (non-hydrogen) atoms. The second-order valence-electron chi connectivity index (χ2n) is 6.38. The molecule has 4 rings (SSSR count). The summed E-state index contributed by atoms with van der Waals surface area (Å²) < 4.78 is 0. The molecule has 1 aliphatic heterocycles. The van der Waals surface area contributed by atoms with Crippen LogP contribution in [0.3, 0.4) is 0 Å². The summed E-state index contributed by atoms with van der Waals surface area (Å²) in [5.41, 5.74) is 5.08. The van der Waals surface area contributed by atoms with Crippen molar-refractivity contribution in [3.8, 4) is 0 Å². The first-order valence-electron chi connectivity index (χ1n) is 8.47. The summed E-state index contributed by atoms with van der Waals surface area (Å²) in [5.74, 6) is 0.264. The van der Waals surface area contributed by atoms with E-state index in [-0.39, 0.29) is 5.91 Å². The number of aryl methyl sites for hydroxylation is 2. The number of benzene rings is 3. The molecule has 0 aliphatic carbocycles. The summed E-state index contributed by atoms with van der Waals surface area (Å²) in [6, 6.07) is 18.2. The first kappa shape index (κ1) is 16.7. The molecule has 3 aromatic carbocycles. The number of nitrogens with one attached hydrogen (secondary N) is 2. The van der Waals surface area contributed by atoms with Crippen molar-refractivity contribution in [2.24, 2.45) is 4.99 Å². The number of rotatable bonds is 3. The van der Waals surface area contributed by atoms with Crippen molar-refractivity contribution < 1.29 is 4.79 Å². The summed E-state index contributed by atoms with van der Waals surface area (Å²) in [4.78, 5) is 17.0. The molecule has 0 atom stereocenters. The molecule has 0 spiro atoms. The highest BCUT2D eigenvalue weighted by Gasteiger charge is 2.15. The molecule has 130 valence electrons. The van der Waals surface area contributed by atoms with Gasteiger partial charge >= 0.3 is 0 Å². The van der Waals surface area contributed by atoms with Gasteiger partial charge in [-0.05, 0) is 43.0 Å². The Kier molecular flexibility index (Phi) is 4.39. The van der Waals surface area contributed by atoms with E-state index in [1.165, 1.54) is 17.3 Å². The number of hydrogen-bond donors (Lipinski definition) is 2. The van der Waals surface area contributed by atoms with Gasteiger partial charge in [-0.15, -0.1) is 0 Å². The van der Waals surface area contributed by atoms with E-state index >= 15 is 0 Å². The van der Waals surface area contributed by atoms with Gasteiger partial charge < -0.3 is 10.6 Å². The molecular weight excluding hydrogens is 342 g/mol. The van der Waals surface area contributed by atoms with Crippen molar-refractivity contribution in [2.75, 3.05) is 16.4 Å². The Morgan fingerprint density at radius 3 is 2.73 bits per heavy atom. The predicted molar refractivity (Wildman–Crippen MR) is 112 cm³/mol. The van der Waals surface area contributed by atoms with Crippen molar-refractivity contribution in [3.63, 3.8) is 0 Å². The third kappa shape index (κ3) is 3.30. The maximum atomic E-state index is 12.3. The minimum atomic E-state index is -0.0384. The Hall–Kier alpha value is -2.79. The number of hydrogen-bond acceptors (Lipinski definition) is 4. The molecule has 0 bridgehead atoms. The normalized spacial score (nSPS) is 12.5. The molecule has 1 heterocycles. The minimum Gasteiger partial charge on any atom is -0.334 e. The maximum absolute atomic E-state index is 12.3. The van der Waals surface area contributed by atoms with Gasteiger partial charge in [0.2, 0.25) is 5.91 Å². The van der Waals surface area contributed by atoms with Crippen molar-refractivity contribution in [1.82, 2.24) is 0 Å². The standard InChI is InChI=1S/C21H19N3OS/c1-13-9-10-16(14(2)11-13)22-19(25)12-26-21-23-17-7-3-5-15-6-4-8-18(24-21)20(15)17/h3-11H,12H2,1-2H3,(H,22,25)(H,23,24). The van der Waals surface area contributed by atoms with Gasteiger partial charge in [0.1, 0.15) is 0 Å². The fraction of sp³-hybridized carbons (Fsp3) is 0.143. The number of aliphatic imine (C=N–C) groups is 1. The highest BCUT2D eigenvalue weighted by atomic mass is 32.2. The zero-order valence-electron chi connectivity index (χ0n) is 14.7. The van der Waals surface area contributed by atoms with Crippen LogP contribution in [-0.4, -0.2) is 16.8 Å². The fourth-order valence-electron chi connectivity index (χ4n) is 3.11. The predicted octanol–water partition coefficient (Wildman–Crippen LogP) is 5.24. The van der Waals surface area contributed by atoms with Crippen molar-refractivity contribution >= 4 is 50.7 Å². The quantitative estimate of drug-likeness (QED) is 0.670. The van der Waals surface area contributed by atoms with E-state index in [0.29, 0.717) is 5.75 Å². The molecule has 0 aromatic heterocycles. The molecule has 5 heteroatoms.